The van der Waals surface area contributed by atoms with E-state index < -0.39 is 0 Å². The minimum atomic E-state index is 0.0386. The summed E-state index contributed by atoms with van der Waals surface area (Å²) in [4.78, 5) is 11.1. The van der Waals surface area contributed by atoms with E-state index in [2.05, 4.69) is 16.1 Å². The second-order valence-corrected chi connectivity index (χ2v) is 2.11. The molecule has 0 saturated heterocycles. The van der Waals surface area contributed by atoms with Gasteiger partial charge in [-0.1, -0.05) is 0 Å². The van der Waals surface area contributed by atoms with E-state index in [1.54, 1.807) is 6.20 Å². The molecule has 0 aliphatic rings. The minimum absolute atomic E-state index is 0.0386. The lowest BCUT2D eigenvalue weighted by Gasteiger charge is -1.89. The number of ketones is 1. The molecule has 1 aromatic heterocycles. The monoisotopic (exact) mass is 148 g/mol. The van der Waals surface area contributed by atoms with Gasteiger partial charge in [-0.25, -0.2) is 0 Å². The van der Waals surface area contributed by atoms with Crippen molar-refractivity contribution in [3.05, 3.63) is 18.0 Å². The van der Waals surface area contributed by atoms with Gasteiger partial charge in [0, 0.05) is 19.0 Å². The van der Waals surface area contributed by atoms with Crippen LogP contribution in [0.2, 0.25) is 0 Å². The fourth-order valence-electron chi connectivity index (χ4n) is 0.733. The molecule has 1 aromatic rings. The summed E-state index contributed by atoms with van der Waals surface area (Å²) in [5.74, 6) is 2.45. The molecular formula is C8H8N2O. The van der Waals surface area contributed by atoms with Crippen molar-refractivity contribution < 1.29 is 4.79 Å². The summed E-state index contributed by atoms with van der Waals surface area (Å²) in [6.45, 7) is 0. The summed E-state index contributed by atoms with van der Waals surface area (Å²) in [7, 11) is 0. The fourth-order valence-corrected chi connectivity index (χ4v) is 0.733. The molecule has 1 heterocycles. The molecule has 0 atom stereocenters. The van der Waals surface area contributed by atoms with Gasteiger partial charge >= 0.3 is 0 Å². The van der Waals surface area contributed by atoms with Crippen molar-refractivity contribution in [2.75, 3.05) is 0 Å². The predicted octanol–water partition coefficient (Wildman–Crippen LogP) is 1.01. The Kier molecular flexibility index (Phi) is 2.45. The van der Waals surface area contributed by atoms with E-state index in [4.69, 9.17) is 6.42 Å². The SMILES string of the molecule is C#CCCC(=O)c1cn[nH]c1. The lowest BCUT2D eigenvalue weighted by Crippen LogP contribution is -1.95. The third kappa shape index (κ3) is 1.94. The second-order valence-electron chi connectivity index (χ2n) is 2.11. The van der Waals surface area contributed by atoms with E-state index in [0.29, 0.717) is 18.4 Å². The van der Waals surface area contributed by atoms with Crippen molar-refractivity contribution in [2.45, 2.75) is 12.8 Å². The first-order valence-electron chi connectivity index (χ1n) is 3.30. The van der Waals surface area contributed by atoms with E-state index in [-0.39, 0.29) is 5.78 Å². The van der Waals surface area contributed by atoms with E-state index in [1.165, 1.54) is 6.20 Å². The van der Waals surface area contributed by atoms with Gasteiger partial charge in [-0.15, -0.1) is 12.3 Å². The van der Waals surface area contributed by atoms with Crippen LogP contribution in [0.5, 0.6) is 0 Å². The van der Waals surface area contributed by atoms with Crippen LogP contribution < -0.4 is 0 Å². The Balaban J connectivity index is 2.51. The molecule has 0 aromatic carbocycles. The van der Waals surface area contributed by atoms with Crippen LogP contribution in [0.3, 0.4) is 0 Å². The molecule has 0 unspecified atom stereocenters. The normalized spacial score (nSPS) is 9.00. The molecule has 0 fully saturated rings. The van der Waals surface area contributed by atoms with Crippen molar-refractivity contribution in [3.63, 3.8) is 0 Å². The van der Waals surface area contributed by atoms with Crippen LogP contribution in [0.15, 0.2) is 12.4 Å². The van der Waals surface area contributed by atoms with Crippen LogP contribution in [-0.2, 0) is 0 Å². The van der Waals surface area contributed by atoms with Gasteiger partial charge in [0.05, 0.1) is 11.8 Å². The number of nitrogens with one attached hydrogen (secondary N) is 1. The minimum Gasteiger partial charge on any atom is -0.294 e. The number of Topliss-reactive ketones (excluding diaryl/α,β-unsaturated/α-hetero) is 1. The first kappa shape index (κ1) is 7.55. The van der Waals surface area contributed by atoms with Crippen molar-refractivity contribution >= 4 is 5.78 Å². The van der Waals surface area contributed by atoms with Crippen molar-refractivity contribution in [2.24, 2.45) is 0 Å². The average molecular weight is 148 g/mol. The van der Waals surface area contributed by atoms with Gasteiger partial charge in [-0.2, -0.15) is 5.10 Å². The van der Waals surface area contributed by atoms with Crippen LogP contribution in [0, 0.1) is 12.3 Å². The van der Waals surface area contributed by atoms with Gasteiger partial charge in [0.15, 0.2) is 5.78 Å². The molecule has 0 saturated carbocycles. The number of hydrogen-bond acceptors (Lipinski definition) is 2. The largest absolute Gasteiger partial charge is 0.294 e. The first-order valence-corrected chi connectivity index (χ1v) is 3.30. The maximum absolute atomic E-state index is 11.1. The molecule has 56 valence electrons. The van der Waals surface area contributed by atoms with Crippen LogP contribution in [0.1, 0.15) is 23.2 Å². The van der Waals surface area contributed by atoms with Crippen molar-refractivity contribution in [1.82, 2.24) is 10.2 Å². The summed E-state index contributed by atoms with van der Waals surface area (Å²) in [6, 6.07) is 0. The summed E-state index contributed by atoms with van der Waals surface area (Å²) >= 11 is 0. The highest BCUT2D eigenvalue weighted by molar-refractivity contribution is 5.95. The number of carbonyl (C=O) groups excluding carboxylic acids is 1. The lowest BCUT2D eigenvalue weighted by molar-refractivity contribution is 0.0984. The van der Waals surface area contributed by atoms with E-state index >= 15 is 0 Å². The summed E-state index contributed by atoms with van der Waals surface area (Å²) in [6.07, 6.45) is 8.96. The Bertz CT molecular complexity index is 269. The summed E-state index contributed by atoms with van der Waals surface area (Å²) in [5.41, 5.74) is 0.597. The summed E-state index contributed by atoms with van der Waals surface area (Å²) in [5, 5.41) is 6.22. The highest BCUT2D eigenvalue weighted by Gasteiger charge is 2.04. The fraction of sp³-hybridized carbons (Fsp3) is 0.250. The van der Waals surface area contributed by atoms with Crippen LogP contribution in [-0.4, -0.2) is 16.0 Å². The number of aromatic amines is 1. The average Bonchev–Trinajstić information content (AvgIpc) is 2.52. The zero-order valence-electron chi connectivity index (χ0n) is 6.00. The molecule has 0 amide bonds. The molecule has 3 nitrogen and oxygen atoms in total. The third-order valence-electron chi connectivity index (χ3n) is 1.32. The smallest absolute Gasteiger partial charge is 0.166 e. The molecule has 0 bridgehead atoms. The second kappa shape index (κ2) is 3.57. The molecule has 1 N–H and O–H groups in total. The number of H-pyrrole nitrogens is 1. The van der Waals surface area contributed by atoms with Gasteiger partial charge in [-0.3, -0.25) is 9.89 Å². The van der Waals surface area contributed by atoms with Gasteiger partial charge in [-0.05, 0) is 0 Å². The molecule has 11 heavy (non-hydrogen) atoms. The van der Waals surface area contributed by atoms with E-state index in [0.717, 1.165) is 0 Å². The highest BCUT2D eigenvalue weighted by Crippen LogP contribution is 2.01. The maximum Gasteiger partial charge on any atom is 0.166 e. The standard InChI is InChI=1S/C8H8N2O/c1-2-3-4-8(11)7-5-9-10-6-7/h1,5-6H,3-4H2,(H,9,10). The molecular weight excluding hydrogens is 140 g/mol. The number of carbonyl (C=O) groups is 1. The number of rotatable bonds is 3. The quantitative estimate of drug-likeness (QED) is 0.513. The number of aromatic nitrogens is 2. The van der Waals surface area contributed by atoms with Gasteiger partial charge < -0.3 is 0 Å². The predicted molar refractivity (Wildman–Crippen MR) is 41.0 cm³/mol. The van der Waals surface area contributed by atoms with E-state index in [9.17, 15) is 4.79 Å². The van der Waals surface area contributed by atoms with Gasteiger partial charge in [0.2, 0.25) is 0 Å². The topological polar surface area (TPSA) is 45.8 Å². The van der Waals surface area contributed by atoms with E-state index in [1.807, 2.05) is 0 Å². The first-order chi connectivity index (χ1) is 5.34. The Morgan fingerprint density at radius 2 is 2.64 bits per heavy atom. The number of terminal acetylenes is 1. The third-order valence-corrected chi connectivity index (χ3v) is 1.32. The van der Waals surface area contributed by atoms with Crippen molar-refractivity contribution in [1.29, 1.82) is 0 Å². The van der Waals surface area contributed by atoms with Crippen LogP contribution in [0.25, 0.3) is 0 Å². The molecule has 0 spiro atoms. The Labute approximate surface area is 64.8 Å². The molecule has 0 aliphatic carbocycles. The zero-order valence-corrected chi connectivity index (χ0v) is 6.00. The number of hydrogen-bond donors (Lipinski definition) is 1. The highest BCUT2D eigenvalue weighted by atomic mass is 16.1. The number of nitrogens with zero attached hydrogens (tertiary/aromatic N) is 1. The maximum atomic E-state index is 11.1. The van der Waals surface area contributed by atoms with Gasteiger partial charge in [0.25, 0.3) is 0 Å². The van der Waals surface area contributed by atoms with Crippen LogP contribution >= 0.6 is 0 Å². The molecule has 1 rings (SSSR count). The van der Waals surface area contributed by atoms with Crippen LogP contribution in [0.4, 0.5) is 0 Å². The zero-order chi connectivity index (χ0) is 8.10. The van der Waals surface area contributed by atoms with Gasteiger partial charge in [0.1, 0.15) is 0 Å². The molecule has 0 radical (unpaired) electrons. The molecule has 3 heteroatoms. The molecule has 0 aliphatic heterocycles. The summed E-state index contributed by atoms with van der Waals surface area (Å²) < 4.78 is 0. The Morgan fingerprint density at radius 1 is 1.82 bits per heavy atom. The van der Waals surface area contributed by atoms with Crippen molar-refractivity contribution in [3.8, 4) is 12.3 Å². The Hall–Kier alpha value is -1.56. The Morgan fingerprint density at radius 3 is 3.18 bits per heavy atom. The lowest BCUT2D eigenvalue weighted by atomic mass is 10.1.